The molecule has 3 N–H and O–H groups in total. The van der Waals surface area contributed by atoms with Crippen LogP contribution in [0.4, 0.5) is 10.5 Å². The number of nitrogens with zero attached hydrogens (tertiary/aromatic N) is 2. The molecule has 1 fully saturated rings. The summed E-state index contributed by atoms with van der Waals surface area (Å²) in [4.78, 5) is 18.3. The van der Waals surface area contributed by atoms with Gasteiger partial charge in [0.1, 0.15) is 21.6 Å². The summed E-state index contributed by atoms with van der Waals surface area (Å²) in [7, 11) is -1.57. The summed E-state index contributed by atoms with van der Waals surface area (Å²) in [5.74, 6) is 0.457. The fourth-order valence-electron chi connectivity index (χ4n) is 3.47. The van der Waals surface area contributed by atoms with Crippen LogP contribution < -0.4 is 10.5 Å². The molecular weight excluding hydrogens is 364 g/mol. The minimum atomic E-state index is -1.57. The Hall–Kier alpha value is -1.67. The third-order valence-electron chi connectivity index (χ3n) is 4.63. The van der Waals surface area contributed by atoms with E-state index in [0.717, 1.165) is 38.0 Å². The molecule has 2 unspecified atom stereocenters. The van der Waals surface area contributed by atoms with E-state index in [-0.39, 0.29) is 11.6 Å². The fourth-order valence-corrected chi connectivity index (χ4v) is 3.88. The Labute approximate surface area is 164 Å². The maximum atomic E-state index is 12.5. The van der Waals surface area contributed by atoms with Gasteiger partial charge in [-0.3, -0.25) is 0 Å². The van der Waals surface area contributed by atoms with E-state index < -0.39 is 16.6 Å². The molecule has 2 rings (SSSR count). The van der Waals surface area contributed by atoms with E-state index >= 15 is 0 Å². The van der Waals surface area contributed by atoms with Crippen LogP contribution in [-0.4, -0.2) is 44.4 Å². The number of nitrogens with two attached hydrogens (primary N) is 1. The Balaban J connectivity index is 1.81. The topological polar surface area (TPSA) is 97.6 Å². The summed E-state index contributed by atoms with van der Waals surface area (Å²) in [5.41, 5.74) is 0.193. The van der Waals surface area contributed by atoms with Crippen molar-refractivity contribution in [3.05, 3.63) is 18.3 Å². The predicted octanol–water partition coefficient (Wildman–Crippen LogP) is 3.29. The van der Waals surface area contributed by atoms with E-state index in [9.17, 15) is 9.00 Å². The largest absolute Gasteiger partial charge is 0.444 e. The molecule has 152 valence electrons. The summed E-state index contributed by atoms with van der Waals surface area (Å²) in [6, 6.07) is 3.54. The van der Waals surface area contributed by atoms with E-state index in [1.165, 1.54) is 0 Å². The number of rotatable bonds is 6. The highest BCUT2D eigenvalue weighted by atomic mass is 32.2. The van der Waals surface area contributed by atoms with Gasteiger partial charge in [-0.1, -0.05) is 0 Å². The molecule has 0 spiro atoms. The molecule has 1 aliphatic heterocycles. The van der Waals surface area contributed by atoms with Crippen LogP contribution in [0.3, 0.4) is 0 Å². The van der Waals surface area contributed by atoms with Crippen molar-refractivity contribution in [1.82, 2.24) is 9.88 Å². The van der Waals surface area contributed by atoms with Gasteiger partial charge in [0.2, 0.25) is 0 Å². The molecule has 1 aromatic heterocycles. The summed E-state index contributed by atoms with van der Waals surface area (Å²) in [5, 5.41) is 9.04. The van der Waals surface area contributed by atoms with E-state index in [0.29, 0.717) is 10.9 Å². The SMILES string of the molecule is CC(C)(C)OC(=O)N1CC(CCCNc2ccnc(S(N)=O)c2)CC1(C)C. The van der Waals surface area contributed by atoms with E-state index in [1.54, 1.807) is 12.3 Å². The van der Waals surface area contributed by atoms with Crippen molar-refractivity contribution in [2.45, 2.75) is 70.0 Å². The molecule has 7 nitrogen and oxygen atoms in total. The second-order valence-corrected chi connectivity index (χ2v) is 9.74. The molecular formula is C19H32N4O3S. The van der Waals surface area contributed by atoms with Crippen LogP contribution in [0.1, 0.15) is 53.9 Å². The number of amides is 1. The first kappa shape index (κ1) is 21.6. The molecule has 0 saturated carbocycles. The minimum Gasteiger partial charge on any atom is -0.444 e. The lowest BCUT2D eigenvalue weighted by atomic mass is 9.93. The summed E-state index contributed by atoms with van der Waals surface area (Å²) in [6.45, 7) is 11.4. The normalized spacial score (nSPS) is 20.4. The van der Waals surface area contributed by atoms with Crippen LogP contribution in [0.15, 0.2) is 23.4 Å². The van der Waals surface area contributed by atoms with Gasteiger partial charge in [0.25, 0.3) is 0 Å². The Morgan fingerprint density at radius 2 is 2.19 bits per heavy atom. The Bertz CT molecular complexity index is 688. The first-order valence-corrected chi connectivity index (χ1v) is 10.6. The van der Waals surface area contributed by atoms with Gasteiger partial charge < -0.3 is 15.0 Å². The van der Waals surface area contributed by atoms with Gasteiger partial charge >= 0.3 is 6.09 Å². The lowest BCUT2D eigenvalue weighted by molar-refractivity contribution is 0.0131. The highest BCUT2D eigenvalue weighted by molar-refractivity contribution is 7.82. The molecule has 1 aromatic rings. The molecule has 0 radical (unpaired) electrons. The monoisotopic (exact) mass is 396 g/mol. The van der Waals surface area contributed by atoms with Gasteiger partial charge in [-0.05, 0) is 71.9 Å². The lowest BCUT2D eigenvalue weighted by Gasteiger charge is -2.33. The molecule has 0 bridgehead atoms. The number of anilines is 1. The number of carbonyl (C=O) groups is 1. The first-order valence-electron chi connectivity index (χ1n) is 9.35. The number of pyridine rings is 1. The summed E-state index contributed by atoms with van der Waals surface area (Å²) >= 11 is 0. The van der Waals surface area contributed by atoms with Crippen molar-refractivity contribution < 1.29 is 13.7 Å². The van der Waals surface area contributed by atoms with Crippen molar-refractivity contribution in [2.24, 2.45) is 11.1 Å². The zero-order chi connectivity index (χ0) is 20.2. The molecule has 1 aliphatic rings. The molecule has 8 heteroatoms. The Morgan fingerprint density at radius 3 is 2.81 bits per heavy atom. The molecule has 2 heterocycles. The van der Waals surface area contributed by atoms with Crippen molar-refractivity contribution in [2.75, 3.05) is 18.4 Å². The number of hydrogen-bond acceptors (Lipinski definition) is 5. The third kappa shape index (κ3) is 6.46. The van der Waals surface area contributed by atoms with Gasteiger partial charge in [0.15, 0.2) is 0 Å². The molecule has 0 aromatic carbocycles. The number of hydrogen-bond donors (Lipinski definition) is 2. The molecule has 1 saturated heterocycles. The maximum Gasteiger partial charge on any atom is 0.410 e. The Morgan fingerprint density at radius 1 is 1.48 bits per heavy atom. The van der Waals surface area contributed by atoms with Crippen molar-refractivity contribution in [3.8, 4) is 0 Å². The number of aromatic nitrogens is 1. The molecule has 2 atom stereocenters. The second kappa shape index (κ2) is 8.56. The Kier molecular flexibility index (Phi) is 6.86. The quantitative estimate of drug-likeness (QED) is 0.719. The fraction of sp³-hybridized carbons (Fsp3) is 0.684. The highest BCUT2D eigenvalue weighted by Crippen LogP contribution is 2.36. The van der Waals surface area contributed by atoms with Crippen LogP contribution in [0.25, 0.3) is 0 Å². The third-order valence-corrected chi connectivity index (χ3v) is 5.27. The number of ether oxygens (including phenoxy) is 1. The van der Waals surface area contributed by atoms with E-state index in [2.05, 4.69) is 24.1 Å². The average molecular weight is 397 g/mol. The molecule has 1 amide bonds. The smallest absolute Gasteiger partial charge is 0.410 e. The number of nitrogens with one attached hydrogen (secondary N) is 1. The van der Waals surface area contributed by atoms with Crippen LogP contribution in [0, 0.1) is 5.92 Å². The lowest BCUT2D eigenvalue weighted by Crippen LogP contribution is -2.45. The van der Waals surface area contributed by atoms with Gasteiger partial charge in [-0.15, -0.1) is 0 Å². The maximum absolute atomic E-state index is 12.5. The predicted molar refractivity (Wildman–Crippen MR) is 108 cm³/mol. The van der Waals surface area contributed by atoms with Crippen molar-refractivity contribution >= 4 is 22.8 Å². The summed E-state index contributed by atoms with van der Waals surface area (Å²) < 4.78 is 16.8. The minimum absolute atomic E-state index is 0.189. The highest BCUT2D eigenvalue weighted by Gasteiger charge is 2.42. The van der Waals surface area contributed by atoms with Gasteiger partial charge in [-0.2, -0.15) is 0 Å². The average Bonchev–Trinajstić information content (AvgIpc) is 2.85. The van der Waals surface area contributed by atoms with Gasteiger partial charge in [0.05, 0.1) is 0 Å². The zero-order valence-corrected chi connectivity index (χ0v) is 17.8. The summed E-state index contributed by atoms with van der Waals surface area (Å²) in [6.07, 6.45) is 4.34. The van der Waals surface area contributed by atoms with Gasteiger partial charge in [-0.25, -0.2) is 19.1 Å². The number of carbonyl (C=O) groups excluding carboxylic acids is 1. The van der Waals surface area contributed by atoms with Gasteiger partial charge in [0, 0.05) is 30.5 Å². The van der Waals surface area contributed by atoms with E-state index in [1.807, 2.05) is 31.7 Å². The van der Waals surface area contributed by atoms with E-state index in [4.69, 9.17) is 9.88 Å². The number of likely N-dealkylation sites (tertiary alicyclic amines) is 1. The van der Waals surface area contributed by atoms with Crippen LogP contribution in [0.2, 0.25) is 0 Å². The van der Waals surface area contributed by atoms with Crippen molar-refractivity contribution in [1.29, 1.82) is 0 Å². The second-order valence-electron chi connectivity index (χ2n) is 8.72. The van der Waals surface area contributed by atoms with Crippen molar-refractivity contribution in [3.63, 3.8) is 0 Å². The van der Waals surface area contributed by atoms with Crippen LogP contribution >= 0.6 is 0 Å². The zero-order valence-electron chi connectivity index (χ0n) is 16.9. The molecule has 27 heavy (non-hydrogen) atoms. The standard InChI is InChI=1S/C19H32N4O3S/c1-18(2,3)26-17(24)23-13-14(12-19(23,4)5)7-6-9-21-15-8-10-22-16(11-15)27(20)25/h8,10-11,14H,6-7,9,12-13,20H2,1-5H3,(H,21,22). The van der Waals surface area contributed by atoms with Crippen LogP contribution in [0.5, 0.6) is 0 Å². The first-order chi connectivity index (χ1) is 12.5. The van der Waals surface area contributed by atoms with Crippen LogP contribution in [-0.2, 0) is 15.7 Å². The molecule has 0 aliphatic carbocycles.